The smallest absolute Gasteiger partial charge is 0.138 e. The van der Waals surface area contributed by atoms with Gasteiger partial charge < -0.3 is 5.11 Å². The zero-order valence-corrected chi connectivity index (χ0v) is 14.7. The standard InChI is InChI=1S/C20H28O2/c1-8-9-10-15(21)11-14-12-16(19(2,3)4)18(22)17(13-14)20(5,6)7/h1,12-13,22H,9-11H2,2-7H3. The van der Waals surface area contributed by atoms with E-state index < -0.39 is 0 Å². The van der Waals surface area contributed by atoms with E-state index in [0.29, 0.717) is 25.0 Å². The van der Waals surface area contributed by atoms with E-state index in [1.807, 2.05) is 12.1 Å². The van der Waals surface area contributed by atoms with Gasteiger partial charge in [-0.3, -0.25) is 4.79 Å². The van der Waals surface area contributed by atoms with Crippen molar-refractivity contribution in [1.29, 1.82) is 0 Å². The minimum Gasteiger partial charge on any atom is -0.507 e. The van der Waals surface area contributed by atoms with Gasteiger partial charge in [0.15, 0.2) is 0 Å². The molecule has 1 N–H and O–H groups in total. The molecule has 0 saturated heterocycles. The van der Waals surface area contributed by atoms with Gasteiger partial charge in [0.05, 0.1) is 0 Å². The average Bonchev–Trinajstić information content (AvgIpc) is 2.35. The van der Waals surface area contributed by atoms with Crippen molar-refractivity contribution in [2.24, 2.45) is 0 Å². The minimum atomic E-state index is -0.179. The quantitative estimate of drug-likeness (QED) is 0.831. The molecule has 2 heteroatoms. The molecule has 0 unspecified atom stereocenters. The molecule has 1 aromatic carbocycles. The summed E-state index contributed by atoms with van der Waals surface area (Å²) in [4.78, 5) is 12.0. The summed E-state index contributed by atoms with van der Waals surface area (Å²) >= 11 is 0. The Bertz CT molecular complexity index is 555. The molecule has 0 amide bonds. The predicted octanol–water partition coefficient (Wildman–Crippen LogP) is 4.51. The lowest BCUT2D eigenvalue weighted by Gasteiger charge is -2.28. The van der Waals surface area contributed by atoms with Crippen molar-refractivity contribution in [2.75, 3.05) is 0 Å². The minimum absolute atomic E-state index is 0.142. The Morgan fingerprint density at radius 3 is 1.91 bits per heavy atom. The highest BCUT2D eigenvalue weighted by Crippen LogP contribution is 2.39. The molecule has 22 heavy (non-hydrogen) atoms. The zero-order valence-electron chi connectivity index (χ0n) is 14.7. The first kappa shape index (κ1) is 18.3. The Kier molecular flexibility index (Phi) is 5.46. The maximum atomic E-state index is 12.0. The van der Waals surface area contributed by atoms with Crippen LogP contribution in [-0.4, -0.2) is 10.9 Å². The maximum Gasteiger partial charge on any atom is 0.138 e. The van der Waals surface area contributed by atoms with Crippen LogP contribution in [0, 0.1) is 12.3 Å². The van der Waals surface area contributed by atoms with Gasteiger partial charge in [-0.2, -0.15) is 0 Å². The Hall–Kier alpha value is -1.75. The van der Waals surface area contributed by atoms with E-state index in [0.717, 1.165) is 16.7 Å². The number of hydrogen-bond donors (Lipinski definition) is 1. The Labute approximate surface area is 134 Å². The highest BCUT2D eigenvalue weighted by molar-refractivity contribution is 5.81. The first-order valence-corrected chi connectivity index (χ1v) is 7.79. The monoisotopic (exact) mass is 300 g/mol. The summed E-state index contributed by atoms with van der Waals surface area (Å²) in [6.07, 6.45) is 6.48. The van der Waals surface area contributed by atoms with Crippen LogP contribution < -0.4 is 0 Å². The van der Waals surface area contributed by atoms with E-state index in [4.69, 9.17) is 6.42 Å². The maximum absolute atomic E-state index is 12.0. The number of Topliss-reactive ketones (excluding diaryl/α,β-unsaturated/α-hetero) is 1. The van der Waals surface area contributed by atoms with Crippen molar-refractivity contribution in [3.05, 3.63) is 28.8 Å². The summed E-state index contributed by atoms with van der Waals surface area (Å²) in [5, 5.41) is 10.6. The number of ketones is 1. The molecule has 1 aromatic rings. The van der Waals surface area contributed by atoms with Crippen LogP contribution in [-0.2, 0) is 22.0 Å². The number of phenolic OH excluding ortho intramolecular Hbond substituents is 1. The van der Waals surface area contributed by atoms with Gasteiger partial charge in [0.2, 0.25) is 0 Å². The van der Waals surface area contributed by atoms with Gasteiger partial charge >= 0.3 is 0 Å². The molecule has 0 aromatic heterocycles. The Balaban J connectivity index is 3.30. The zero-order chi connectivity index (χ0) is 17.1. The molecular formula is C20H28O2. The summed E-state index contributed by atoms with van der Waals surface area (Å²) in [5.74, 6) is 2.99. The summed E-state index contributed by atoms with van der Waals surface area (Å²) < 4.78 is 0. The Morgan fingerprint density at radius 2 is 1.55 bits per heavy atom. The summed E-state index contributed by atoms with van der Waals surface area (Å²) in [6, 6.07) is 3.91. The van der Waals surface area contributed by atoms with Crippen molar-refractivity contribution < 1.29 is 9.90 Å². The van der Waals surface area contributed by atoms with Crippen molar-refractivity contribution >= 4 is 5.78 Å². The van der Waals surface area contributed by atoms with Gasteiger partial charge in [-0.05, 0) is 27.5 Å². The number of terminal acetylenes is 1. The lowest BCUT2D eigenvalue weighted by molar-refractivity contribution is -0.118. The van der Waals surface area contributed by atoms with Crippen LogP contribution in [0.4, 0.5) is 0 Å². The molecular weight excluding hydrogens is 272 g/mol. The van der Waals surface area contributed by atoms with Crippen LogP contribution in [0.15, 0.2) is 12.1 Å². The van der Waals surface area contributed by atoms with E-state index in [-0.39, 0.29) is 16.6 Å². The molecule has 0 heterocycles. The van der Waals surface area contributed by atoms with Crippen LogP contribution in [0.2, 0.25) is 0 Å². The molecule has 0 radical (unpaired) electrons. The highest BCUT2D eigenvalue weighted by atomic mass is 16.3. The first-order chi connectivity index (χ1) is 9.96. The molecule has 0 saturated carbocycles. The van der Waals surface area contributed by atoms with Gasteiger partial charge in [-0.1, -0.05) is 53.7 Å². The topological polar surface area (TPSA) is 37.3 Å². The molecule has 0 atom stereocenters. The second kappa shape index (κ2) is 6.57. The van der Waals surface area contributed by atoms with Gasteiger partial charge in [0, 0.05) is 19.3 Å². The normalized spacial score (nSPS) is 12.0. The van der Waals surface area contributed by atoms with Crippen LogP contribution in [0.3, 0.4) is 0 Å². The number of hydrogen-bond acceptors (Lipinski definition) is 2. The van der Waals surface area contributed by atoms with Crippen LogP contribution in [0.25, 0.3) is 0 Å². The SMILES string of the molecule is C#CCCC(=O)Cc1cc(C(C)(C)C)c(O)c(C(C)(C)C)c1. The molecule has 0 spiro atoms. The van der Waals surface area contributed by atoms with Crippen molar-refractivity contribution in [2.45, 2.75) is 71.6 Å². The van der Waals surface area contributed by atoms with Gasteiger partial charge in [0.25, 0.3) is 0 Å². The van der Waals surface area contributed by atoms with E-state index in [1.165, 1.54) is 0 Å². The third kappa shape index (κ3) is 4.63. The number of benzene rings is 1. The molecule has 0 aliphatic heterocycles. The number of aromatic hydroxyl groups is 1. The second-order valence-corrected chi connectivity index (χ2v) is 7.96. The predicted molar refractivity (Wildman–Crippen MR) is 92.3 cm³/mol. The average molecular weight is 300 g/mol. The van der Waals surface area contributed by atoms with Crippen molar-refractivity contribution in [3.8, 4) is 18.1 Å². The van der Waals surface area contributed by atoms with Crippen molar-refractivity contribution in [3.63, 3.8) is 0 Å². The van der Waals surface area contributed by atoms with Crippen molar-refractivity contribution in [1.82, 2.24) is 0 Å². The number of carbonyl (C=O) groups excluding carboxylic acids is 1. The third-order valence-electron chi connectivity index (χ3n) is 3.74. The van der Waals surface area contributed by atoms with E-state index in [1.54, 1.807) is 0 Å². The van der Waals surface area contributed by atoms with Gasteiger partial charge in [-0.15, -0.1) is 12.3 Å². The fourth-order valence-corrected chi connectivity index (χ4v) is 2.47. The molecule has 0 fully saturated rings. The molecule has 0 aliphatic carbocycles. The highest BCUT2D eigenvalue weighted by Gasteiger charge is 2.26. The third-order valence-corrected chi connectivity index (χ3v) is 3.74. The number of rotatable bonds is 4. The Morgan fingerprint density at radius 1 is 1.09 bits per heavy atom. The lowest BCUT2D eigenvalue weighted by atomic mass is 9.78. The lowest BCUT2D eigenvalue weighted by Crippen LogP contribution is -2.18. The number of phenols is 1. The second-order valence-electron chi connectivity index (χ2n) is 7.96. The first-order valence-electron chi connectivity index (χ1n) is 7.79. The fraction of sp³-hybridized carbons (Fsp3) is 0.550. The van der Waals surface area contributed by atoms with Crippen LogP contribution >= 0.6 is 0 Å². The molecule has 120 valence electrons. The van der Waals surface area contributed by atoms with Crippen LogP contribution in [0.5, 0.6) is 5.75 Å². The van der Waals surface area contributed by atoms with Gasteiger partial charge in [-0.25, -0.2) is 0 Å². The van der Waals surface area contributed by atoms with E-state index in [9.17, 15) is 9.90 Å². The van der Waals surface area contributed by atoms with E-state index in [2.05, 4.69) is 47.5 Å². The summed E-state index contributed by atoms with van der Waals surface area (Å²) in [6.45, 7) is 12.4. The fourth-order valence-electron chi connectivity index (χ4n) is 2.47. The summed E-state index contributed by atoms with van der Waals surface area (Å²) in [7, 11) is 0. The largest absolute Gasteiger partial charge is 0.507 e. The van der Waals surface area contributed by atoms with Gasteiger partial charge in [0.1, 0.15) is 11.5 Å². The van der Waals surface area contributed by atoms with E-state index >= 15 is 0 Å². The molecule has 0 bridgehead atoms. The molecule has 1 rings (SSSR count). The molecule has 2 nitrogen and oxygen atoms in total. The van der Waals surface area contributed by atoms with Crippen LogP contribution in [0.1, 0.15) is 71.1 Å². The summed E-state index contributed by atoms with van der Waals surface area (Å²) in [5.41, 5.74) is 2.37. The number of carbonyl (C=O) groups is 1. The molecule has 0 aliphatic rings.